The number of hydrogen-bond acceptors (Lipinski definition) is 2. The van der Waals surface area contributed by atoms with Crippen LogP contribution in [0.5, 0.6) is 0 Å². The first-order chi connectivity index (χ1) is 6.25. The summed E-state index contributed by atoms with van der Waals surface area (Å²) < 4.78 is 12.9. The van der Waals surface area contributed by atoms with E-state index in [1.165, 1.54) is 6.07 Å². The highest BCUT2D eigenvalue weighted by Crippen LogP contribution is 2.17. The molecule has 0 bridgehead atoms. The molecule has 0 saturated carbocycles. The highest BCUT2D eigenvalue weighted by Gasteiger charge is 1.99. The van der Waals surface area contributed by atoms with Crippen LogP contribution in [0.3, 0.4) is 0 Å². The molecule has 13 heavy (non-hydrogen) atoms. The van der Waals surface area contributed by atoms with Gasteiger partial charge in [0.2, 0.25) is 0 Å². The molecule has 0 spiro atoms. The zero-order valence-electron chi connectivity index (χ0n) is 7.20. The Hall–Kier alpha value is -0.960. The number of allylic oxidation sites excluding steroid dienone is 1. The molecule has 0 saturated heterocycles. The van der Waals surface area contributed by atoms with Crippen LogP contribution in [0, 0.1) is 5.82 Å². The predicted molar refractivity (Wildman–Crippen MR) is 58.3 cm³/mol. The van der Waals surface area contributed by atoms with Crippen molar-refractivity contribution in [2.24, 2.45) is 0 Å². The van der Waals surface area contributed by atoms with E-state index in [-0.39, 0.29) is 11.5 Å². The maximum atomic E-state index is 12.9. The fraction of sp³-hybridized carbons (Fsp3) is 0.200. The summed E-state index contributed by atoms with van der Waals surface area (Å²) in [6.07, 6.45) is 4.60. The first-order valence-corrected chi connectivity index (χ1v) is 4.70. The maximum absolute atomic E-state index is 12.9. The van der Waals surface area contributed by atoms with Gasteiger partial charge in [0.25, 0.3) is 0 Å². The van der Waals surface area contributed by atoms with Crippen LogP contribution >= 0.6 is 12.6 Å². The van der Waals surface area contributed by atoms with Crippen molar-refractivity contribution < 1.29 is 4.39 Å². The monoisotopic (exact) mass is 197 g/mol. The average molecular weight is 197 g/mol. The molecule has 0 radical (unpaired) electrons. The smallest absolute Gasteiger partial charge is 0.146 e. The van der Waals surface area contributed by atoms with Gasteiger partial charge in [-0.15, -0.1) is 0 Å². The van der Waals surface area contributed by atoms with E-state index in [1.807, 2.05) is 12.2 Å². The van der Waals surface area contributed by atoms with Gasteiger partial charge in [0.15, 0.2) is 0 Å². The normalized spacial score (nSPS) is 10.9. The van der Waals surface area contributed by atoms with Crippen LogP contribution in [0.1, 0.15) is 12.0 Å². The molecule has 0 atom stereocenters. The molecule has 1 rings (SSSR count). The molecule has 0 aliphatic carbocycles. The van der Waals surface area contributed by atoms with Crippen molar-refractivity contribution in [3.8, 4) is 0 Å². The standard InChI is InChI=1S/C10H12FNS/c11-9-6-3-5-8(10(9)12)4-1-2-7-13/h1,3-6,13H,2,7,12H2. The number of thiol groups is 1. The van der Waals surface area contributed by atoms with Crippen molar-refractivity contribution in [1.29, 1.82) is 0 Å². The minimum absolute atomic E-state index is 0.206. The average Bonchev–Trinajstić information content (AvgIpc) is 2.13. The number of halogens is 1. The quantitative estimate of drug-likeness (QED) is 0.565. The van der Waals surface area contributed by atoms with E-state index in [1.54, 1.807) is 12.1 Å². The van der Waals surface area contributed by atoms with Gasteiger partial charge >= 0.3 is 0 Å². The number of hydrogen-bond donors (Lipinski definition) is 2. The van der Waals surface area contributed by atoms with Crippen LogP contribution in [0.4, 0.5) is 10.1 Å². The SMILES string of the molecule is Nc1c(F)cccc1C=CCCS. The molecule has 1 nitrogen and oxygen atoms in total. The number of nitrogen functional groups attached to an aromatic ring is 1. The summed E-state index contributed by atoms with van der Waals surface area (Å²) in [5.74, 6) is 0.416. The van der Waals surface area contributed by atoms with Gasteiger partial charge in [0.1, 0.15) is 5.82 Å². The second-order valence-electron chi connectivity index (χ2n) is 2.66. The van der Waals surface area contributed by atoms with E-state index in [4.69, 9.17) is 5.73 Å². The Morgan fingerprint density at radius 3 is 2.92 bits per heavy atom. The molecule has 70 valence electrons. The van der Waals surface area contributed by atoms with Gasteiger partial charge in [0, 0.05) is 5.56 Å². The van der Waals surface area contributed by atoms with Crippen LogP contribution in [0.2, 0.25) is 0 Å². The summed E-state index contributed by atoms with van der Waals surface area (Å²) in [5, 5.41) is 0. The highest BCUT2D eigenvalue weighted by molar-refractivity contribution is 7.80. The fourth-order valence-corrected chi connectivity index (χ4v) is 1.13. The van der Waals surface area contributed by atoms with E-state index in [2.05, 4.69) is 12.6 Å². The molecular formula is C10H12FNS. The van der Waals surface area contributed by atoms with Crippen LogP contribution < -0.4 is 5.73 Å². The lowest BCUT2D eigenvalue weighted by Gasteiger charge is -2.00. The number of anilines is 1. The Balaban J connectivity index is 2.83. The van der Waals surface area contributed by atoms with E-state index in [0.717, 1.165) is 17.7 Å². The molecule has 0 aliphatic rings. The summed E-state index contributed by atoms with van der Waals surface area (Å²) >= 11 is 4.06. The van der Waals surface area contributed by atoms with Crippen molar-refractivity contribution in [3.63, 3.8) is 0 Å². The van der Waals surface area contributed by atoms with E-state index >= 15 is 0 Å². The van der Waals surface area contributed by atoms with Crippen LogP contribution in [-0.4, -0.2) is 5.75 Å². The van der Waals surface area contributed by atoms with Crippen LogP contribution in [0.15, 0.2) is 24.3 Å². The maximum Gasteiger partial charge on any atom is 0.146 e. The van der Waals surface area contributed by atoms with Crippen molar-refractivity contribution in [2.75, 3.05) is 11.5 Å². The Labute approximate surface area is 82.9 Å². The van der Waals surface area contributed by atoms with Crippen molar-refractivity contribution in [1.82, 2.24) is 0 Å². The number of nitrogens with two attached hydrogens (primary N) is 1. The first kappa shape index (κ1) is 10.1. The molecular weight excluding hydrogens is 185 g/mol. The molecule has 2 N–H and O–H groups in total. The largest absolute Gasteiger partial charge is 0.396 e. The number of para-hydroxylation sites is 1. The minimum atomic E-state index is -0.368. The number of benzene rings is 1. The van der Waals surface area contributed by atoms with Gasteiger partial charge in [-0.2, -0.15) is 12.6 Å². The Bertz CT molecular complexity index is 310. The van der Waals surface area contributed by atoms with E-state index in [0.29, 0.717) is 0 Å². The Morgan fingerprint density at radius 1 is 1.46 bits per heavy atom. The predicted octanol–water partition coefficient (Wildman–Crippen LogP) is 2.74. The molecule has 1 aromatic rings. The molecule has 0 heterocycles. The van der Waals surface area contributed by atoms with Gasteiger partial charge in [-0.3, -0.25) is 0 Å². The second kappa shape index (κ2) is 4.92. The third kappa shape index (κ3) is 2.77. The van der Waals surface area contributed by atoms with Gasteiger partial charge in [-0.25, -0.2) is 4.39 Å². The lowest BCUT2D eigenvalue weighted by atomic mass is 10.1. The molecule has 1 aromatic carbocycles. The van der Waals surface area contributed by atoms with Crippen molar-refractivity contribution in [3.05, 3.63) is 35.7 Å². The van der Waals surface area contributed by atoms with Crippen molar-refractivity contribution in [2.45, 2.75) is 6.42 Å². The number of rotatable bonds is 3. The van der Waals surface area contributed by atoms with E-state index < -0.39 is 0 Å². The lowest BCUT2D eigenvalue weighted by Crippen LogP contribution is -1.93. The molecule has 0 fully saturated rings. The molecule has 0 amide bonds. The second-order valence-corrected chi connectivity index (χ2v) is 3.10. The summed E-state index contributed by atoms with van der Waals surface area (Å²) in [6, 6.07) is 4.78. The fourth-order valence-electron chi connectivity index (χ4n) is 0.984. The Kier molecular flexibility index (Phi) is 3.83. The molecule has 0 aromatic heterocycles. The third-order valence-corrected chi connectivity index (χ3v) is 1.94. The summed E-state index contributed by atoms with van der Waals surface area (Å²) in [7, 11) is 0. The van der Waals surface area contributed by atoms with Crippen molar-refractivity contribution >= 4 is 24.4 Å². The van der Waals surface area contributed by atoms with Gasteiger partial charge in [-0.05, 0) is 18.2 Å². The molecule has 0 unspecified atom stereocenters. The first-order valence-electron chi connectivity index (χ1n) is 4.07. The van der Waals surface area contributed by atoms with Crippen LogP contribution in [-0.2, 0) is 0 Å². The summed E-state index contributed by atoms with van der Waals surface area (Å²) in [4.78, 5) is 0. The summed E-state index contributed by atoms with van der Waals surface area (Å²) in [6.45, 7) is 0. The third-order valence-electron chi connectivity index (χ3n) is 1.68. The van der Waals surface area contributed by atoms with Gasteiger partial charge in [-0.1, -0.05) is 24.3 Å². The van der Waals surface area contributed by atoms with Crippen LogP contribution in [0.25, 0.3) is 6.08 Å². The van der Waals surface area contributed by atoms with Gasteiger partial charge < -0.3 is 5.73 Å². The topological polar surface area (TPSA) is 26.0 Å². The minimum Gasteiger partial charge on any atom is -0.396 e. The molecule has 3 heteroatoms. The zero-order valence-corrected chi connectivity index (χ0v) is 8.10. The zero-order chi connectivity index (χ0) is 9.68. The summed E-state index contributed by atoms with van der Waals surface area (Å²) in [5.41, 5.74) is 6.45. The highest BCUT2D eigenvalue weighted by atomic mass is 32.1. The molecule has 0 aliphatic heterocycles. The lowest BCUT2D eigenvalue weighted by molar-refractivity contribution is 0.632. The Morgan fingerprint density at radius 2 is 2.23 bits per heavy atom. The van der Waals surface area contributed by atoms with Gasteiger partial charge in [0.05, 0.1) is 5.69 Å². The van der Waals surface area contributed by atoms with E-state index in [9.17, 15) is 4.39 Å².